The minimum Gasteiger partial charge on any atom is -0.379 e. The van der Waals surface area contributed by atoms with Crippen molar-refractivity contribution in [2.75, 3.05) is 52.5 Å². The van der Waals surface area contributed by atoms with Gasteiger partial charge in [-0.2, -0.15) is 0 Å². The molecule has 24 heavy (non-hydrogen) atoms. The van der Waals surface area contributed by atoms with Crippen molar-refractivity contribution >= 4 is 0 Å². The zero-order valence-electron chi connectivity index (χ0n) is 17.6. The molecule has 0 unspecified atom stereocenters. The van der Waals surface area contributed by atoms with Crippen molar-refractivity contribution < 1.29 is 4.74 Å². The third kappa shape index (κ3) is 15.4. The van der Waals surface area contributed by atoms with Gasteiger partial charge in [0.2, 0.25) is 0 Å². The van der Waals surface area contributed by atoms with Gasteiger partial charge in [-0.1, -0.05) is 48.0 Å². The van der Waals surface area contributed by atoms with Crippen LogP contribution in [0.3, 0.4) is 0 Å². The maximum absolute atomic E-state index is 5.95. The van der Waals surface area contributed by atoms with Crippen molar-refractivity contribution in [3.8, 4) is 0 Å². The van der Waals surface area contributed by atoms with Gasteiger partial charge >= 0.3 is 0 Å². The molecule has 0 aromatic rings. The highest BCUT2D eigenvalue weighted by Gasteiger charge is 2.07. The van der Waals surface area contributed by atoms with Crippen LogP contribution in [0.15, 0.2) is 0 Å². The lowest BCUT2D eigenvalue weighted by Gasteiger charge is -2.24. The molecule has 0 N–H and O–H groups in total. The summed E-state index contributed by atoms with van der Waals surface area (Å²) < 4.78 is 5.95. The van der Waals surface area contributed by atoms with E-state index in [0.717, 1.165) is 38.1 Å². The van der Waals surface area contributed by atoms with Gasteiger partial charge in [0.25, 0.3) is 0 Å². The molecule has 3 nitrogen and oxygen atoms in total. The largest absolute Gasteiger partial charge is 0.379 e. The Kier molecular flexibility index (Phi) is 16.3. The Bertz CT molecular complexity index is 256. The molecular weight excluding hydrogens is 296 g/mol. The van der Waals surface area contributed by atoms with Gasteiger partial charge in [0.1, 0.15) is 0 Å². The maximum Gasteiger partial charge on any atom is 0.0594 e. The van der Waals surface area contributed by atoms with Crippen LogP contribution in [0.5, 0.6) is 0 Å². The molecule has 0 aliphatic rings. The monoisotopic (exact) mass is 342 g/mol. The molecule has 0 aliphatic carbocycles. The van der Waals surface area contributed by atoms with Gasteiger partial charge in [-0.3, -0.25) is 0 Å². The van der Waals surface area contributed by atoms with Gasteiger partial charge in [-0.25, -0.2) is 0 Å². The fraction of sp³-hybridized carbons (Fsp3) is 1.00. The normalized spacial score (nSPS) is 12.2. The summed E-state index contributed by atoms with van der Waals surface area (Å²) in [6.07, 6.45) is 6.40. The predicted octanol–water partition coefficient (Wildman–Crippen LogP) is 4.91. The van der Waals surface area contributed by atoms with Crippen LogP contribution in [0.2, 0.25) is 0 Å². The second kappa shape index (κ2) is 16.4. The average molecular weight is 343 g/mol. The summed E-state index contributed by atoms with van der Waals surface area (Å²) in [4.78, 5) is 5.15. The van der Waals surface area contributed by atoms with Gasteiger partial charge in [0.15, 0.2) is 0 Å². The summed E-state index contributed by atoms with van der Waals surface area (Å²) in [5.41, 5.74) is 0. The second-order valence-electron chi connectivity index (χ2n) is 8.01. The SMILES string of the molecule is CCCCN(CCOCCN(CCC)CCC(C)C)CCC(C)C. The third-order valence-electron chi connectivity index (χ3n) is 4.52. The average Bonchev–Trinajstić information content (AvgIpc) is 2.53. The van der Waals surface area contributed by atoms with E-state index < -0.39 is 0 Å². The zero-order valence-corrected chi connectivity index (χ0v) is 17.6. The van der Waals surface area contributed by atoms with Crippen LogP contribution in [0.4, 0.5) is 0 Å². The molecule has 0 heterocycles. The predicted molar refractivity (Wildman–Crippen MR) is 108 cm³/mol. The Labute approximate surface area is 153 Å². The molecule has 0 saturated carbocycles. The van der Waals surface area contributed by atoms with E-state index in [0.29, 0.717) is 0 Å². The van der Waals surface area contributed by atoms with E-state index in [1.165, 1.54) is 58.3 Å². The zero-order chi connectivity index (χ0) is 18.2. The Balaban J connectivity index is 3.89. The third-order valence-corrected chi connectivity index (χ3v) is 4.52. The molecule has 0 radical (unpaired) electrons. The molecule has 0 atom stereocenters. The van der Waals surface area contributed by atoms with Crippen LogP contribution in [0.25, 0.3) is 0 Å². The molecule has 0 spiro atoms. The summed E-state index contributed by atoms with van der Waals surface area (Å²) >= 11 is 0. The Morgan fingerprint density at radius 1 is 0.625 bits per heavy atom. The van der Waals surface area contributed by atoms with Crippen LogP contribution in [-0.2, 0) is 4.74 Å². The Morgan fingerprint density at radius 3 is 1.54 bits per heavy atom. The molecule has 0 aromatic heterocycles. The molecule has 0 aliphatic heterocycles. The van der Waals surface area contributed by atoms with Crippen molar-refractivity contribution in [2.45, 2.75) is 73.6 Å². The molecule has 146 valence electrons. The molecule has 0 amide bonds. The van der Waals surface area contributed by atoms with Gasteiger partial charge in [0.05, 0.1) is 13.2 Å². The first-order valence-electron chi connectivity index (χ1n) is 10.5. The Morgan fingerprint density at radius 2 is 1.12 bits per heavy atom. The first-order valence-corrected chi connectivity index (χ1v) is 10.5. The van der Waals surface area contributed by atoms with E-state index in [-0.39, 0.29) is 0 Å². The lowest BCUT2D eigenvalue weighted by Crippen LogP contribution is -2.33. The molecule has 0 rings (SSSR count). The van der Waals surface area contributed by atoms with Crippen molar-refractivity contribution in [1.82, 2.24) is 9.80 Å². The van der Waals surface area contributed by atoms with Crippen molar-refractivity contribution in [1.29, 1.82) is 0 Å². The number of nitrogens with zero attached hydrogens (tertiary/aromatic N) is 2. The van der Waals surface area contributed by atoms with Gasteiger partial charge < -0.3 is 14.5 Å². The highest BCUT2D eigenvalue weighted by molar-refractivity contribution is 4.61. The van der Waals surface area contributed by atoms with Crippen molar-refractivity contribution in [3.05, 3.63) is 0 Å². The quantitative estimate of drug-likeness (QED) is 0.349. The number of ether oxygens (including phenoxy) is 1. The first-order chi connectivity index (χ1) is 11.5. The second-order valence-corrected chi connectivity index (χ2v) is 8.01. The lowest BCUT2D eigenvalue weighted by atomic mass is 10.1. The standard InChI is InChI=1S/C21H46N2O/c1-7-9-13-23(15-11-21(5)6)17-19-24-18-16-22(12-8-2)14-10-20(3)4/h20-21H,7-19H2,1-6H3. The maximum atomic E-state index is 5.95. The van der Waals surface area contributed by atoms with Gasteiger partial charge in [-0.05, 0) is 63.7 Å². The van der Waals surface area contributed by atoms with Crippen molar-refractivity contribution in [2.24, 2.45) is 11.8 Å². The van der Waals surface area contributed by atoms with Crippen LogP contribution in [0, 0.1) is 11.8 Å². The van der Waals surface area contributed by atoms with E-state index in [4.69, 9.17) is 4.74 Å². The molecule has 0 bridgehead atoms. The number of hydrogen-bond donors (Lipinski definition) is 0. The summed E-state index contributed by atoms with van der Waals surface area (Å²) in [7, 11) is 0. The first kappa shape index (κ1) is 23.9. The molecule has 0 saturated heterocycles. The number of rotatable bonds is 17. The summed E-state index contributed by atoms with van der Waals surface area (Å²) in [5, 5.41) is 0. The fourth-order valence-corrected chi connectivity index (χ4v) is 2.74. The Hall–Kier alpha value is -0.120. The van der Waals surface area contributed by atoms with E-state index in [9.17, 15) is 0 Å². The van der Waals surface area contributed by atoms with E-state index in [1.54, 1.807) is 0 Å². The molecule has 0 fully saturated rings. The summed E-state index contributed by atoms with van der Waals surface area (Å²) in [5.74, 6) is 1.58. The smallest absolute Gasteiger partial charge is 0.0594 e. The minimum absolute atomic E-state index is 0.790. The molecule has 3 heteroatoms. The van der Waals surface area contributed by atoms with Crippen molar-refractivity contribution in [3.63, 3.8) is 0 Å². The number of unbranched alkanes of at least 4 members (excludes halogenated alkanes) is 1. The van der Waals surface area contributed by atoms with E-state index in [1.807, 2.05) is 0 Å². The van der Waals surface area contributed by atoms with E-state index >= 15 is 0 Å². The summed E-state index contributed by atoms with van der Waals surface area (Å²) in [6.45, 7) is 22.6. The lowest BCUT2D eigenvalue weighted by molar-refractivity contribution is 0.0801. The summed E-state index contributed by atoms with van der Waals surface area (Å²) in [6, 6.07) is 0. The topological polar surface area (TPSA) is 15.7 Å². The van der Waals surface area contributed by atoms with Crippen LogP contribution in [-0.4, -0.2) is 62.3 Å². The highest BCUT2D eigenvalue weighted by Crippen LogP contribution is 2.05. The van der Waals surface area contributed by atoms with E-state index in [2.05, 4.69) is 51.3 Å². The van der Waals surface area contributed by atoms with Gasteiger partial charge in [-0.15, -0.1) is 0 Å². The van der Waals surface area contributed by atoms with Crippen LogP contribution < -0.4 is 0 Å². The van der Waals surface area contributed by atoms with Gasteiger partial charge in [0, 0.05) is 13.1 Å². The molecular formula is C21H46N2O. The minimum atomic E-state index is 0.790. The number of hydrogen-bond acceptors (Lipinski definition) is 3. The fourth-order valence-electron chi connectivity index (χ4n) is 2.74. The van der Waals surface area contributed by atoms with Crippen LogP contribution >= 0.6 is 0 Å². The highest BCUT2D eigenvalue weighted by atomic mass is 16.5. The molecule has 0 aromatic carbocycles. The van der Waals surface area contributed by atoms with Crippen LogP contribution in [0.1, 0.15) is 73.6 Å².